The van der Waals surface area contributed by atoms with Gasteiger partial charge in [0.25, 0.3) is 5.91 Å². The number of furan rings is 1. The van der Waals surface area contributed by atoms with Crippen LogP contribution >= 0.6 is 0 Å². The van der Waals surface area contributed by atoms with Crippen molar-refractivity contribution in [1.82, 2.24) is 9.78 Å². The summed E-state index contributed by atoms with van der Waals surface area (Å²) in [5, 5.41) is 10.2. The highest BCUT2D eigenvalue weighted by atomic mass is 16.3. The lowest BCUT2D eigenvalue weighted by molar-refractivity contribution is -0.116. The van der Waals surface area contributed by atoms with Crippen LogP contribution in [0.1, 0.15) is 34.2 Å². The van der Waals surface area contributed by atoms with E-state index in [1.165, 1.54) is 10.9 Å². The Morgan fingerprint density at radius 1 is 1.23 bits per heavy atom. The molecule has 0 aliphatic carbocycles. The molecule has 2 N–H and O–H groups in total. The van der Waals surface area contributed by atoms with Crippen molar-refractivity contribution < 1.29 is 18.4 Å². The van der Waals surface area contributed by atoms with Crippen molar-refractivity contribution in [2.24, 2.45) is 7.05 Å². The van der Waals surface area contributed by atoms with Gasteiger partial charge in [0.2, 0.25) is 5.91 Å². The summed E-state index contributed by atoms with van der Waals surface area (Å²) >= 11 is 0. The molecule has 1 aliphatic heterocycles. The van der Waals surface area contributed by atoms with Crippen LogP contribution < -0.4 is 16.1 Å². The highest BCUT2D eigenvalue weighted by Gasteiger charge is 2.35. The maximum Gasteiger partial charge on any atom is 0.292 e. The van der Waals surface area contributed by atoms with Crippen molar-refractivity contribution in [3.05, 3.63) is 76.0 Å². The molecule has 0 bridgehead atoms. The maximum absolute atomic E-state index is 12.9. The normalized spacial score (nSPS) is 15.6. The molecule has 1 aliphatic rings. The van der Waals surface area contributed by atoms with Crippen molar-refractivity contribution in [2.45, 2.75) is 12.3 Å². The lowest BCUT2D eigenvalue weighted by Gasteiger charge is -2.22. The molecule has 150 valence electrons. The number of nitrogens with one attached hydrogen (secondary N) is 2. The molecule has 0 saturated heterocycles. The largest absolute Gasteiger partial charge is 0.469 e. The molecule has 0 fully saturated rings. The maximum atomic E-state index is 12.9. The molecule has 1 aromatic carbocycles. The highest BCUT2D eigenvalue weighted by Crippen LogP contribution is 2.41. The fraction of sp³-hybridized carbons (Fsp3) is 0.143. The van der Waals surface area contributed by atoms with Crippen LogP contribution in [0.3, 0.4) is 0 Å². The van der Waals surface area contributed by atoms with Crippen LogP contribution in [0.25, 0.3) is 11.0 Å². The average molecular weight is 404 g/mol. The van der Waals surface area contributed by atoms with Crippen LogP contribution in [0.5, 0.6) is 0 Å². The SMILES string of the molecule is Cn1nc(NC(=O)c2cc(=O)c3ccccc3o2)c2c1NC(=O)C[C@@H]2c1ccco1. The van der Waals surface area contributed by atoms with E-state index in [9.17, 15) is 14.4 Å². The second kappa shape index (κ2) is 6.73. The van der Waals surface area contributed by atoms with Crippen LogP contribution in [0.15, 0.2) is 62.4 Å². The van der Waals surface area contributed by atoms with E-state index in [0.29, 0.717) is 28.1 Å². The van der Waals surface area contributed by atoms with Gasteiger partial charge in [-0.25, -0.2) is 0 Å². The van der Waals surface area contributed by atoms with Crippen molar-refractivity contribution in [3.8, 4) is 0 Å². The first kappa shape index (κ1) is 17.9. The van der Waals surface area contributed by atoms with Gasteiger partial charge in [-0.05, 0) is 24.3 Å². The van der Waals surface area contributed by atoms with E-state index in [4.69, 9.17) is 8.83 Å². The van der Waals surface area contributed by atoms with Gasteiger partial charge in [0.05, 0.1) is 23.1 Å². The monoisotopic (exact) mass is 404 g/mol. The van der Waals surface area contributed by atoms with E-state index in [1.54, 1.807) is 43.4 Å². The predicted molar refractivity (Wildman–Crippen MR) is 107 cm³/mol. The van der Waals surface area contributed by atoms with Crippen LogP contribution in [0.2, 0.25) is 0 Å². The number of para-hydroxylation sites is 1. The van der Waals surface area contributed by atoms with Crippen LogP contribution in [0.4, 0.5) is 11.6 Å². The molecule has 1 atom stereocenters. The molecular formula is C21H16N4O5. The number of hydrogen-bond acceptors (Lipinski definition) is 6. The van der Waals surface area contributed by atoms with E-state index in [1.807, 2.05) is 0 Å². The molecule has 0 unspecified atom stereocenters. The molecular weight excluding hydrogens is 388 g/mol. The Morgan fingerprint density at radius 3 is 2.87 bits per heavy atom. The van der Waals surface area contributed by atoms with E-state index >= 15 is 0 Å². The quantitative estimate of drug-likeness (QED) is 0.542. The van der Waals surface area contributed by atoms with Gasteiger partial charge in [-0.2, -0.15) is 5.10 Å². The Balaban J connectivity index is 1.55. The van der Waals surface area contributed by atoms with Gasteiger partial charge in [0, 0.05) is 19.5 Å². The molecule has 0 saturated carbocycles. The van der Waals surface area contributed by atoms with Gasteiger partial charge < -0.3 is 19.5 Å². The number of hydrogen-bond donors (Lipinski definition) is 2. The van der Waals surface area contributed by atoms with E-state index in [2.05, 4.69) is 15.7 Å². The minimum Gasteiger partial charge on any atom is -0.469 e. The first-order valence-electron chi connectivity index (χ1n) is 9.25. The second-order valence-corrected chi connectivity index (χ2v) is 6.98. The summed E-state index contributed by atoms with van der Waals surface area (Å²) < 4.78 is 12.6. The topological polar surface area (TPSA) is 119 Å². The fourth-order valence-electron chi connectivity index (χ4n) is 3.70. The number of benzene rings is 1. The van der Waals surface area contributed by atoms with E-state index < -0.39 is 11.8 Å². The Morgan fingerprint density at radius 2 is 2.07 bits per heavy atom. The van der Waals surface area contributed by atoms with Crippen molar-refractivity contribution in [1.29, 1.82) is 0 Å². The summed E-state index contributed by atoms with van der Waals surface area (Å²) in [6.07, 6.45) is 1.68. The molecule has 2 amide bonds. The minimum absolute atomic E-state index is 0.132. The molecule has 4 aromatic rings. The smallest absolute Gasteiger partial charge is 0.292 e. The van der Waals surface area contributed by atoms with E-state index in [-0.39, 0.29) is 29.3 Å². The number of carbonyl (C=O) groups is 2. The van der Waals surface area contributed by atoms with Crippen molar-refractivity contribution >= 4 is 34.4 Å². The van der Waals surface area contributed by atoms with Crippen LogP contribution in [0, 0.1) is 0 Å². The number of carbonyl (C=O) groups excluding carboxylic acids is 2. The third-order valence-corrected chi connectivity index (χ3v) is 5.06. The third kappa shape index (κ3) is 2.87. The Kier molecular flexibility index (Phi) is 4.02. The molecule has 9 heteroatoms. The van der Waals surface area contributed by atoms with E-state index in [0.717, 1.165) is 6.07 Å². The number of nitrogens with zero attached hydrogens (tertiary/aromatic N) is 2. The standard InChI is InChI=1S/C21H16N4O5/c1-25-20-18(12(9-17(27)22-20)14-7-4-8-29-14)19(24-25)23-21(28)16-10-13(26)11-5-2-3-6-15(11)30-16/h2-8,10,12H,9H2,1H3,(H,22,27)(H,23,24,28)/t12-/m1/s1. The second-order valence-electron chi connectivity index (χ2n) is 6.98. The Bertz CT molecular complexity index is 1350. The lowest BCUT2D eigenvalue weighted by Crippen LogP contribution is -2.25. The summed E-state index contributed by atoms with van der Waals surface area (Å²) in [6, 6.07) is 11.4. The first-order chi connectivity index (χ1) is 14.5. The number of aromatic nitrogens is 2. The Labute approximate surface area is 169 Å². The first-order valence-corrected chi connectivity index (χ1v) is 9.25. The van der Waals surface area contributed by atoms with Crippen molar-refractivity contribution in [2.75, 3.05) is 10.6 Å². The predicted octanol–water partition coefficient (Wildman–Crippen LogP) is 2.85. The average Bonchev–Trinajstić information content (AvgIpc) is 3.36. The number of amides is 2. The molecule has 9 nitrogen and oxygen atoms in total. The number of rotatable bonds is 3. The molecule has 0 radical (unpaired) electrons. The van der Waals surface area contributed by atoms with Crippen LogP contribution in [-0.2, 0) is 11.8 Å². The van der Waals surface area contributed by atoms with Crippen LogP contribution in [-0.4, -0.2) is 21.6 Å². The zero-order chi connectivity index (χ0) is 20.8. The zero-order valence-corrected chi connectivity index (χ0v) is 15.8. The number of aryl methyl sites for hydroxylation is 1. The van der Waals surface area contributed by atoms with Gasteiger partial charge >= 0.3 is 0 Å². The minimum atomic E-state index is -0.617. The summed E-state index contributed by atoms with van der Waals surface area (Å²) in [6.45, 7) is 0. The number of fused-ring (bicyclic) bond motifs is 2. The fourth-order valence-corrected chi connectivity index (χ4v) is 3.70. The highest BCUT2D eigenvalue weighted by molar-refractivity contribution is 6.04. The summed E-state index contributed by atoms with van der Waals surface area (Å²) in [4.78, 5) is 37.3. The molecule has 5 rings (SSSR count). The van der Waals surface area contributed by atoms with Gasteiger partial charge in [-0.1, -0.05) is 12.1 Å². The lowest BCUT2D eigenvalue weighted by atomic mass is 9.91. The zero-order valence-electron chi connectivity index (χ0n) is 15.8. The van der Waals surface area contributed by atoms with Crippen molar-refractivity contribution in [3.63, 3.8) is 0 Å². The molecule has 0 spiro atoms. The Hall–Kier alpha value is -4.14. The summed E-state index contributed by atoms with van der Waals surface area (Å²) in [5.41, 5.74) is 0.633. The van der Waals surface area contributed by atoms with Gasteiger partial charge in [0.1, 0.15) is 17.2 Å². The number of anilines is 2. The molecule has 4 heterocycles. The molecule has 3 aromatic heterocycles. The summed E-state index contributed by atoms with van der Waals surface area (Å²) in [7, 11) is 1.66. The van der Waals surface area contributed by atoms with Gasteiger partial charge in [-0.3, -0.25) is 19.1 Å². The van der Waals surface area contributed by atoms with Gasteiger partial charge in [0.15, 0.2) is 17.0 Å². The molecule has 30 heavy (non-hydrogen) atoms. The summed E-state index contributed by atoms with van der Waals surface area (Å²) in [5.74, 6) is -0.00698. The third-order valence-electron chi connectivity index (χ3n) is 5.06. The van der Waals surface area contributed by atoms with Gasteiger partial charge in [-0.15, -0.1) is 0 Å².